The van der Waals surface area contributed by atoms with Crippen LogP contribution in [0.1, 0.15) is 26.7 Å². The van der Waals surface area contributed by atoms with Crippen molar-refractivity contribution in [1.29, 1.82) is 0 Å². The van der Waals surface area contributed by atoms with Crippen LogP contribution in [0.4, 0.5) is 5.69 Å². The number of nitrogens with zero attached hydrogens (tertiary/aromatic N) is 1. The Bertz CT molecular complexity index is 389. The highest BCUT2D eigenvalue weighted by Crippen LogP contribution is 2.37. The van der Waals surface area contributed by atoms with Crippen molar-refractivity contribution in [3.8, 4) is 0 Å². The van der Waals surface area contributed by atoms with Gasteiger partial charge in [-0.1, -0.05) is 13.0 Å². The van der Waals surface area contributed by atoms with Crippen LogP contribution in [0, 0.1) is 0 Å². The zero-order valence-electron chi connectivity index (χ0n) is 10.9. The molecule has 1 aliphatic heterocycles. The number of anilines is 1. The minimum Gasteiger partial charge on any atom is -0.367 e. The highest BCUT2D eigenvalue weighted by Gasteiger charge is 2.27. The first-order valence-electron chi connectivity index (χ1n) is 6.57. The molecule has 0 saturated carbocycles. The number of piperidine rings is 1. The van der Waals surface area contributed by atoms with E-state index < -0.39 is 0 Å². The van der Waals surface area contributed by atoms with Gasteiger partial charge in [0.1, 0.15) is 0 Å². The minimum absolute atomic E-state index is 0.567. The molecule has 1 heterocycles. The quantitative estimate of drug-likeness (QED) is 0.852. The molecule has 18 heavy (non-hydrogen) atoms. The van der Waals surface area contributed by atoms with Gasteiger partial charge in [-0.05, 0) is 70.3 Å². The summed E-state index contributed by atoms with van der Waals surface area (Å²) < 4.78 is 2.34. The number of halogens is 2. The highest BCUT2D eigenvalue weighted by atomic mass is 79.9. The van der Waals surface area contributed by atoms with Crippen molar-refractivity contribution >= 4 is 37.5 Å². The van der Waals surface area contributed by atoms with Gasteiger partial charge in [0.2, 0.25) is 0 Å². The Morgan fingerprint density at radius 1 is 1.33 bits per heavy atom. The number of para-hydroxylation sites is 1. The van der Waals surface area contributed by atoms with Crippen LogP contribution in [-0.2, 0) is 0 Å². The number of hydrogen-bond acceptors (Lipinski definition) is 2. The van der Waals surface area contributed by atoms with Crippen LogP contribution >= 0.6 is 31.9 Å². The van der Waals surface area contributed by atoms with E-state index in [2.05, 4.69) is 74.1 Å². The van der Waals surface area contributed by atoms with Crippen molar-refractivity contribution in [2.45, 2.75) is 38.8 Å². The van der Waals surface area contributed by atoms with Gasteiger partial charge in [0.25, 0.3) is 0 Å². The Morgan fingerprint density at radius 3 is 2.56 bits per heavy atom. The number of hydrogen-bond donors (Lipinski definition) is 1. The molecule has 2 atom stereocenters. The van der Waals surface area contributed by atoms with Crippen molar-refractivity contribution in [3.05, 3.63) is 27.1 Å². The van der Waals surface area contributed by atoms with Gasteiger partial charge in [-0.15, -0.1) is 0 Å². The second-order valence-electron chi connectivity index (χ2n) is 4.89. The maximum absolute atomic E-state index is 3.67. The van der Waals surface area contributed by atoms with Gasteiger partial charge in [-0.25, -0.2) is 0 Å². The molecule has 0 bridgehead atoms. The molecule has 1 aromatic carbocycles. The second-order valence-corrected chi connectivity index (χ2v) is 6.60. The summed E-state index contributed by atoms with van der Waals surface area (Å²) in [4.78, 5) is 2.50. The average molecular weight is 376 g/mol. The molecule has 1 N–H and O–H groups in total. The Balaban J connectivity index is 2.15. The molecule has 1 aliphatic rings. The maximum Gasteiger partial charge on any atom is 0.0657 e. The summed E-state index contributed by atoms with van der Waals surface area (Å²) in [5.41, 5.74) is 1.29. The lowest BCUT2D eigenvalue weighted by atomic mass is 9.97. The molecule has 0 aliphatic carbocycles. The summed E-state index contributed by atoms with van der Waals surface area (Å²) in [6.45, 7) is 6.67. The molecule has 2 nitrogen and oxygen atoms in total. The SMILES string of the molecule is CCNC1CCN(c2c(Br)cccc2Br)C(C)C1. The van der Waals surface area contributed by atoms with Crippen LogP contribution in [0.25, 0.3) is 0 Å². The fraction of sp³-hybridized carbons (Fsp3) is 0.571. The third kappa shape index (κ3) is 3.09. The van der Waals surface area contributed by atoms with E-state index >= 15 is 0 Å². The first kappa shape index (κ1) is 14.4. The van der Waals surface area contributed by atoms with E-state index in [0.717, 1.165) is 13.1 Å². The largest absolute Gasteiger partial charge is 0.367 e. The lowest BCUT2D eigenvalue weighted by Gasteiger charge is -2.40. The van der Waals surface area contributed by atoms with Crippen molar-refractivity contribution in [3.63, 3.8) is 0 Å². The van der Waals surface area contributed by atoms with Crippen LogP contribution in [0.5, 0.6) is 0 Å². The van der Waals surface area contributed by atoms with Crippen LogP contribution in [0.15, 0.2) is 27.1 Å². The van der Waals surface area contributed by atoms with E-state index in [1.54, 1.807) is 0 Å². The Hall–Kier alpha value is -0.0600. The lowest BCUT2D eigenvalue weighted by Crippen LogP contribution is -2.47. The summed E-state index contributed by atoms with van der Waals surface area (Å²) in [6.07, 6.45) is 2.42. The lowest BCUT2D eigenvalue weighted by molar-refractivity contribution is 0.373. The van der Waals surface area contributed by atoms with Gasteiger partial charge in [0.15, 0.2) is 0 Å². The van der Waals surface area contributed by atoms with Gasteiger partial charge in [0, 0.05) is 27.6 Å². The molecule has 0 radical (unpaired) electrons. The number of nitrogens with one attached hydrogen (secondary N) is 1. The predicted octanol–water partition coefficient (Wildman–Crippen LogP) is 4.18. The molecule has 0 spiro atoms. The van der Waals surface area contributed by atoms with E-state index in [0.29, 0.717) is 12.1 Å². The molecule has 0 amide bonds. The molecule has 2 unspecified atom stereocenters. The molecule has 1 fully saturated rings. The Morgan fingerprint density at radius 2 is 2.00 bits per heavy atom. The molecule has 1 saturated heterocycles. The summed E-state index contributed by atoms with van der Waals surface area (Å²) in [5.74, 6) is 0. The monoisotopic (exact) mass is 374 g/mol. The van der Waals surface area contributed by atoms with Crippen LogP contribution < -0.4 is 10.2 Å². The minimum atomic E-state index is 0.567. The number of rotatable bonds is 3. The van der Waals surface area contributed by atoms with Gasteiger partial charge >= 0.3 is 0 Å². The van der Waals surface area contributed by atoms with E-state index in [-0.39, 0.29) is 0 Å². The highest BCUT2D eigenvalue weighted by molar-refractivity contribution is 9.11. The van der Waals surface area contributed by atoms with Gasteiger partial charge < -0.3 is 10.2 Å². The summed E-state index contributed by atoms with van der Waals surface area (Å²) in [5, 5.41) is 3.57. The zero-order valence-corrected chi connectivity index (χ0v) is 14.1. The van der Waals surface area contributed by atoms with Crippen LogP contribution in [0.3, 0.4) is 0 Å². The van der Waals surface area contributed by atoms with Crippen LogP contribution in [-0.4, -0.2) is 25.2 Å². The molecule has 100 valence electrons. The maximum atomic E-state index is 3.67. The smallest absolute Gasteiger partial charge is 0.0657 e. The van der Waals surface area contributed by atoms with E-state index in [1.807, 2.05) is 0 Å². The van der Waals surface area contributed by atoms with E-state index in [1.165, 1.54) is 27.5 Å². The number of benzene rings is 1. The van der Waals surface area contributed by atoms with Gasteiger partial charge in [0.05, 0.1) is 5.69 Å². The van der Waals surface area contributed by atoms with Crippen molar-refractivity contribution in [2.75, 3.05) is 18.0 Å². The second kappa shape index (κ2) is 6.40. The predicted molar refractivity (Wildman–Crippen MR) is 85.3 cm³/mol. The average Bonchev–Trinajstić information content (AvgIpc) is 2.32. The summed E-state index contributed by atoms with van der Waals surface area (Å²) in [7, 11) is 0. The Labute approximate surface area is 126 Å². The third-order valence-corrected chi connectivity index (χ3v) is 4.87. The van der Waals surface area contributed by atoms with E-state index in [9.17, 15) is 0 Å². The fourth-order valence-corrected chi connectivity index (χ4v) is 4.20. The van der Waals surface area contributed by atoms with Crippen molar-refractivity contribution in [1.82, 2.24) is 5.32 Å². The molecule has 4 heteroatoms. The van der Waals surface area contributed by atoms with Gasteiger partial charge in [-0.3, -0.25) is 0 Å². The Kier molecular flexibility index (Phi) is 5.10. The first-order chi connectivity index (χ1) is 8.63. The third-order valence-electron chi connectivity index (χ3n) is 3.59. The molecular weight excluding hydrogens is 356 g/mol. The normalized spacial score (nSPS) is 24.3. The van der Waals surface area contributed by atoms with E-state index in [4.69, 9.17) is 0 Å². The topological polar surface area (TPSA) is 15.3 Å². The standard InChI is InChI=1S/C14H20Br2N2/c1-3-17-11-7-8-18(10(2)9-11)14-12(15)5-4-6-13(14)16/h4-6,10-11,17H,3,7-9H2,1-2H3. The molecule has 0 aromatic heterocycles. The summed E-state index contributed by atoms with van der Waals surface area (Å²) in [6, 6.07) is 7.53. The van der Waals surface area contributed by atoms with Crippen molar-refractivity contribution in [2.24, 2.45) is 0 Å². The van der Waals surface area contributed by atoms with Gasteiger partial charge in [-0.2, -0.15) is 0 Å². The van der Waals surface area contributed by atoms with Crippen LogP contribution in [0.2, 0.25) is 0 Å². The zero-order chi connectivity index (χ0) is 13.1. The molecule has 2 rings (SSSR count). The van der Waals surface area contributed by atoms with Crippen molar-refractivity contribution < 1.29 is 0 Å². The molecular formula is C14H20Br2N2. The first-order valence-corrected chi connectivity index (χ1v) is 8.16. The summed E-state index contributed by atoms with van der Waals surface area (Å²) >= 11 is 7.34. The fourth-order valence-electron chi connectivity index (χ4n) is 2.74. The molecule has 1 aromatic rings.